The minimum absolute atomic E-state index is 0.265. The van der Waals surface area contributed by atoms with E-state index in [1.165, 1.54) is 0 Å². The lowest BCUT2D eigenvalue weighted by Gasteiger charge is -2.36. The first-order valence-corrected chi connectivity index (χ1v) is 7.35. The lowest BCUT2D eigenvalue weighted by molar-refractivity contribution is -0.0287. The number of nitrogens with one attached hydrogen (secondary N) is 1. The molecule has 1 amide bonds. The van der Waals surface area contributed by atoms with E-state index in [9.17, 15) is 9.90 Å². The fraction of sp³-hybridized carbons (Fsp3) is 0.375. The van der Waals surface area contributed by atoms with Crippen molar-refractivity contribution in [2.45, 2.75) is 25.0 Å². The number of benzene rings is 1. The van der Waals surface area contributed by atoms with Gasteiger partial charge in [0, 0.05) is 19.3 Å². The van der Waals surface area contributed by atoms with Crippen LogP contribution < -0.4 is 0 Å². The Morgan fingerprint density at radius 2 is 2.00 bits per heavy atom. The largest absolute Gasteiger partial charge is 0.445 e. The molecule has 1 aromatic heterocycles. The molecule has 0 spiro atoms. The number of ether oxygens (including phenoxy) is 1. The number of amides is 1. The summed E-state index contributed by atoms with van der Waals surface area (Å²) in [7, 11) is 0. The molecule has 1 saturated heterocycles. The van der Waals surface area contributed by atoms with E-state index < -0.39 is 5.60 Å². The maximum atomic E-state index is 12.1. The second-order valence-electron chi connectivity index (χ2n) is 5.53. The molecule has 6 heteroatoms. The Morgan fingerprint density at radius 1 is 1.27 bits per heavy atom. The third-order valence-corrected chi connectivity index (χ3v) is 4.06. The van der Waals surface area contributed by atoms with Gasteiger partial charge in [-0.25, -0.2) is 4.79 Å². The third kappa shape index (κ3) is 3.12. The van der Waals surface area contributed by atoms with Crippen LogP contribution in [0.4, 0.5) is 4.79 Å². The van der Waals surface area contributed by atoms with Crippen molar-refractivity contribution in [2.75, 3.05) is 13.1 Å². The number of aliphatic hydroxyl groups is 1. The Bertz CT molecular complexity index is 605. The summed E-state index contributed by atoms with van der Waals surface area (Å²) in [5.41, 5.74) is 0.721. The molecule has 3 rings (SSSR count). The number of carbonyl (C=O) groups excluding carboxylic acids is 1. The number of likely N-dealkylation sites (tertiary alicyclic amines) is 1. The Hall–Kier alpha value is -2.34. The van der Waals surface area contributed by atoms with Crippen LogP contribution in [0.25, 0.3) is 0 Å². The fourth-order valence-electron chi connectivity index (χ4n) is 2.65. The highest BCUT2D eigenvalue weighted by molar-refractivity contribution is 5.67. The van der Waals surface area contributed by atoms with Crippen molar-refractivity contribution in [3.8, 4) is 0 Å². The fourth-order valence-corrected chi connectivity index (χ4v) is 2.65. The SMILES string of the molecule is O=C(OCc1ccccc1)N1CCC(O)(c2ccn[nH]2)CC1. The molecule has 116 valence electrons. The predicted molar refractivity (Wildman–Crippen MR) is 79.9 cm³/mol. The molecular weight excluding hydrogens is 282 g/mol. The molecule has 0 atom stereocenters. The predicted octanol–water partition coefficient (Wildman–Crippen LogP) is 2.03. The normalized spacial score (nSPS) is 17.2. The molecule has 0 radical (unpaired) electrons. The molecule has 6 nitrogen and oxygen atoms in total. The molecule has 1 aliphatic heterocycles. The molecule has 2 N–H and O–H groups in total. The average molecular weight is 301 g/mol. The topological polar surface area (TPSA) is 78.4 Å². The van der Waals surface area contributed by atoms with Crippen LogP contribution in [0.5, 0.6) is 0 Å². The standard InChI is InChI=1S/C16H19N3O3/c20-15(22-12-13-4-2-1-3-5-13)19-10-7-16(21,8-11-19)14-6-9-17-18-14/h1-6,9,21H,7-8,10-12H2,(H,17,18). The first-order valence-electron chi connectivity index (χ1n) is 7.35. The molecule has 0 unspecified atom stereocenters. The van der Waals surface area contributed by atoms with Crippen molar-refractivity contribution in [3.63, 3.8) is 0 Å². The van der Waals surface area contributed by atoms with E-state index in [1.807, 2.05) is 30.3 Å². The molecule has 1 fully saturated rings. The number of H-pyrrole nitrogens is 1. The number of nitrogens with zero attached hydrogens (tertiary/aromatic N) is 2. The molecule has 2 heterocycles. The van der Waals surface area contributed by atoms with Crippen molar-refractivity contribution in [1.82, 2.24) is 15.1 Å². The van der Waals surface area contributed by atoms with E-state index in [1.54, 1.807) is 17.2 Å². The van der Waals surface area contributed by atoms with Gasteiger partial charge in [0.05, 0.1) is 5.69 Å². The van der Waals surface area contributed by atoms with Crippen molar-refractivity contribution >= 4 is 6.09 Å². The highest BCUT2D eigenvalue weighted by Crippen LogP contribution is 2.31. The van der Waals surface area contributed by atoms with Crippen LogP contribution in [0.2, 0.25) is 0 Å². The van der Waals surface area contributed by atoms with Crippen molar-refractivity contribution < 1.29 is 14.6 Å². The van der Waals surface area contributed by atoms with Gasteiger partial charge in [-0.3, -0.25) is 5.10 Å². The van der Waals surface area contributed by atoms with Gasteiger partial charge in [-0.1, -0.05) is 30.3 Å². The van der Waals surface area contributed by atoms with E-state index in [-0.39, 0.29) is 12.7 Å². The number of hydrogen-bond acceptors (Lipinski definition) is 4. The summed E-state index contributed by atoms with van der Waals surface area (Å²) in [6, 6.07) is 11.3. The second-order valence-corrected chi connectivity index (χ2v) is 5.53. The maximum Gasteiger partial charge on any atom is 0.410 e. The van der Waals surface area contributed by atoms with Crippen LogP contribution in [0.1, 0.15) is 24.1 Å². The molecule has 22 heavy (non-hydrogen) atoms. The average Bonchev–Trinajstić information content (AvgIpc) is 3.10. The monoisotopic (exact) mass is 301 g/mol. The van der Waals surface area contributed by atoms with Crippen LogP contribution in [-0.2, 0) is 16.9 Å². The Labute approximate surface area is 128 Å². The Morgan fingerprint density at radius 3 is 2.64 bits per heavy atom. The molecule has 2 aromatic rings. The molecule has 0 aliphatic carbocycles. The molecule has 0 bridgehead atoms. The number of carbonyl (C=O) groups is 1. The number of hydrogen-bond donors (Lipinski definition) is 2. The lowest BCUT2D eigenvalue weighted by Crippen LogP contribution is -2.45. The number of aromatic amines is 1. The summed E-state index contributed by atoms with van der Waals surface area (Å²) >= 11 is 0. The van der Waals surface area contributed by atoms with Gasteiger partial charge in [0.2, 0.25) is 0 Å². The van der Waals surface area contributed by atoms with Crippen molar-refractivity contribution in [3.05, 3.63) is 53.9 Å². The number of aromatic nitrogens is 2. The van der Waals surface area contributed by atoms with Crippen molar-refractivity contribution in [1.29, 1.82) is 0 Å². The van der Waals surface area contributed by atoms with E-state index in [2.05, 4.69) is 10.2 Å². The molecule has 1 aliphatic rings. The summed E-state index contributed by atoms with van der Waals surface area (Å²) in [5, 5.41) is 17.3. The summed E-state index contributed by atoms with van der Waals surface area (Å²) in [6.45, 7) is 1.19. The van der Waals surface area contributed by atoms with Gasteiger partial charge in [-0.2, -0.15) is 5.10 Å². The van der Waals surface area contributed by atoms with Gasteiger partial charge in [-0.15, -0.1) is 0 Å². The zero-order chi connectivity index (χ0) is 15.4. The van der Waals surface area contributed by atoms with E-state index in [0.717, 1.165) is 5.56 Å². The van der Waals surface area contributed by atoms with Crippen molar-refractivity contribution in [2.24, 2.45) is 0 Å². The Balaban J connectivity index is 1.52. The van der Waals surface area contributed by atoms with E-state index >= 15 is 0 Å². The quantitative estimate of drug-likeness (QED) is 0.909. The van der Waals surface area contributed by atoms with Gasteiger partial charge >= 0.3 is 6.09 Å². The number of rotatable bonds is 3. The van der Waals surface area contributed by atoms with Gasteiger partial charge in [0.25, 0.3) is 0 Å². The lowest BCUT2D eigenvalue weighted by atomic mass is 9.88. The summed E-state index contributed by atoms with van der Waals surface area (Å²) in [5.74, 6) is 0. The van der Waals surface area contributed by atoms with E-state index in [0.29, 0.717) is 31.6 Å². The number of piperidine rings is 1. The van der Waals surface area contributed by atoms with Crippen LogP contribution in [0.3, 0.4) is 0 Å². The molecular formula is C16H19N3O3. The maximum absolute atomic E-state index is 12.1. The zero-order valence-corrected chi connectivity index (χ0v) is 12.2. The molecule has 0 saturated carbocycles. The summed E-state index contributed by atoms with van der Waals surface area (Å²) in [6.07, 6.45) is 2.22. The van der Waals surface area contributed by atoms with Crippen LogP contribution in [-0.4, -0.2) is 39.4 Å². The van der Waals surface area contributed by atoms with Crippen LogP contribution in [0, 0.1) is 0 Å². The van der Waals surface area contributed by atoms with Gasteiger partial charge < -0.3 is 14.7 Å². The highest BCUT2D eigenvalue weighted by Gasteiger charge is 2.36. The minimum atomic E-state index is -0.938. The zero-order valence-electron chi connectivity index (χ0n) is 12.2. The second kappa shape index (κ2) is 6.19. The first-order chi connectivity index (χ1) is 10.7. The van der Waals surface area contributed by atoms with Gasteiger partial charge in [0.15, 0.2) is 0 Å². The van der Waals surface area contributed by atoms with Crippen LogP contribution in [0.15, 0.2) is 42.6 Å². The van der Waals surface area contributed by atoms with Gasteiger partial charge in [-0.05, 0) is 24.5 Å². The molecule has 1 aromatic carbocycles. The smallest absolute Gasteiger partial charge is 0.410 e. The van der Waals surface area contributed by atoms with Crippen LogP contribution >= 0.6 is 0 Å². The van der Waals surface area contributed by atoms with Gasteiger partial charge in [0.1, 0.15) is 12.2 Å². The third-order valence-electron chi connectivity index (χ3n) is 4.06. The first kappa shape index (κ1) is 14.6. The summed E-state index contributed by atoms with van der Waals surface area (Å²) < 4.78 is 5.31. The van der Waals surface area contributed by atoms with E-state index in [4.69, 9.17) is 4.74 Å². The minimum Gasteiger partial charge on any atom is -0.445 e. The summed E-state index contributed by atoms with van der Waals surface area (Å²) in [4.78, 5) is 13.7. The highest BCUT2D eigenvalue weighted by atomic mass is 16.6. The Kier molecular flexibility index (Phi) is 4.11.